The van der Waals surface area contributed by atoms with Crippen molar-refractivity contribution < 1.29 is 9.53 Å². The largest absolute Gasteiger partial charge is 0.378 e. The van der Waals surface area contributed by atoms with Crippen LogP contribution in [0, 0.1) is 11.3 Å². The first-order chi connectivity index (χ1) is 15.6. The summed E-state index contributed by atoms with van der Waals surface area (Å²) in [6, 6.07) is 17.1. The van der Waals surface area contributed by atoms with E-state index in [2.05, 4.69) is 15.3 Å². The van der Waals surface area contributed by atoms with Crippen molar-refractivity contribution in [2.45, 2.75) is 6.54 Å². The Hall–Kier alpha value is -3.60. The minimum Gasteiger partial charge on any atom is -0.378 e. The second kappa shape index (κ2) is 10.1. The molecule has 162 valence electrons. The molecule has 7 nitrogen and oxygen atoms in total. The van der Waals surface area contributed by atoms with Gasteiger partial charge in [-0.1, -0.05) is 29.8 Å². The fourth-order valence-corrected chi connectivity index (χ4v) is 3.63. The fraction of sp³-hybridized carbons (Fsp3) is 0.208. The molecular weight excluding hydrogens is 426 g/mol. The number of rotatable bonds is 6. The molecule has 32 heavy (non-hydrogen) atoms. The number of morpholine rings is 1. The average Bonchev–Trinajstić information content (AvgIpc) is 3.27. The van der Waals surface area contributed by atoms with Crippen molar-refractivity contribution in [1.82, 2.24) is 9.78 Å². The molecule has 1 aliphatic heterocycles. The van der Waals surface area contributed by atoms with Gasteiger partial charge in [0.1, 0.15) is 11.6 Å². The molecule has 0 radical (unpaired) electrons. The number of hydrogen-bond acceptors (Lipinski definition) is 5. The summed E-state index contributed by atoms with van der Waals surface area (Å²) < 4.78 is 7.09. The maximum atomic E-state index is 12.6. The monoisotopic (exact) mass is 447 g/mol. The summed E-state index contributed by atoms with van der Waals surface area (Å²) in [6.07, 6.45) is 4.90. The van der Waals surface area contributed by atoms with Gasteiger partial charge >= 0.3 is 0 Å². The molecule has 1 amide bonds. The molecule has 4 rings (SSSR count). The maximum absolute atomic E-state index is 12.6. The predicted octanol–water partition coefficient (Wildman–Crippen LogP) is 3.97. The topological polar surface area (TPSA) is 83.2 Å². The number of anilines is 2. The molecular formula is C24H22ClN5O2. The average molecular weight is 448 g/mol. The van der Waals surface area contributed by atoms with Crippen LogP contribution in [0.4, 0.5) is 11.4 Å². The van der Waals surface area contributed by atoms with Crippen molar-refractivity contribution in [3.63, 3.8) is 0 Å². The molecule has 0 atom stereocenters. The lowest BCUT2D eigenvalue weighted by molar-refractivity contribution is -0.112. The third kappa shape index (κ3) is 5.35. The quantitative estimate of drug-likeness (QED) is 0.456. The number of carbonyl (C=O) groups is 1. The van der Waals surface area contributed by atoms with E-state index in [1.807, 2.05) is 54.6 Å². The van der Waals surface area contributed by atoms with Gasteiger partial charge in [0.15, 0.2) is 0 Å². The molecule has 2 heterocycles. The highest BCUT2D eigenvalue weighted by atomic mass is 35.5. The third-order valence-corrected chi connectivity index (χ3v) is 5.49. The lowest BCUT2D eigenvalue weighted by Gasteiger charge is -2.28. The zero-order valence-electron chi connectivity index (χ0n) is 17.4. The molecule has 1 aliphatic rings. The highest BCUT2D eigenvalue weighted by Gasteiger charge is 2.13. The van der Waals surface area contributed by atoms with E-state index in [1.54, 1.807) is 17.1 Å². The summed E-state index contributed by atoms with van der Waals surface area (Å²) >= 11 is 6.20. The molecule has 8 heteroatoms. The van der Waals surface area contributed by atoms with Gasteiger partial charge in [-0.05, 0) is 42.0 Å². The van der Waals surface area contributed by atoms with Crippen molar-refractivity contribution in [2.24, 2.45) is 0 Å². The Balaban J connectivity index is 1.41. The molecule has 1 saturated heterocycles. The smallest absolute Gasteiger partial charge is 0.266 e. The van der Waals surface area contributed by atoms with Crippen molar-refractivity contribution in [1.29, 1.82) is 5.26 Å². The zero-order valence-corrected chi connectivity index (χ0v) is 18.1. The number of benzene rings is 2. The molecule has 0 saturated carbocycles. The summed E-state index contributed by atoms with van der Waals surface area (Å²) in [6.45, 7) is 3.61. The zero-order chi connectivity index (χ0) is 22.3. The first kappa shape index (κ1) is 21.6. The Labute approximate surface area is 191 Å². The highest BCUT2D eigenvalue weighted by Crippen LogP contribution is 2.20. The Kier molecular flexibility index (Phi) is 6.85. The number of aromatic nitrogens is 2. The van der Waals surface area contributed by atoms with Gasteiger partial charge < -0.3 is 15.0 Å². The summed E-state index contributed by atoms with van der Waals surface area (Å²) in [4.78, 5) is 14.8. The van der Waals surface area contributed by atoms with E-state index in [4.69, 9.17) is 16.3 Å². The van der Waals surface area contributed by atoms with E-state index in [0.29, 0.717) is 36.0 Å². The third-order valence-electron chi connectivity index (χ3n) is 5.12. The maximum Gasteiger partial charge on any atom is 0.266 e. The second-order valence-corrected chi connectivity index (χ2v) is 7.74. The highest BCUT2D eigenvalue weighted by molar-refractivity contribution is 6.31. The van der Waals surface area contributed by atoms with Gasteiger partial charge in [0.25, 0.3) is 5.91 Å². The van der Waals surface area contributed by atoms with Crippen LogP contribution in [0.5, 0.6) is 0 Å². The Morgan fingerprint density at radius 3 is 2.66 bits per heavy atom. The Morgan fingerprint density at radius 2 is 1.94 bits per heavy atom. The fourth-order valence-electron chi connectivity index (χ4n) is 3.43. The molecule has 0 unspecified atom stereocenters. The Bertz CT molecular complexity index is 1160. The number of nitriles is 1. The lowest BCUT2D eigenvalue weighted by atomic mass is 10.2. The minimum atomic E-state index is -0.467. The van der Waals surface area contributed by atoms with Gasteiger partial charge in [-0.15, -0.1) is 0 Å². The van der Waals surface area contributed by atoms with Crippen molar-refractivity contribution >= 4 is 35.0 Å². The molecule has 1 N–H and O–H groups in total. The number of halogens is 1. The summed E-state index contributed by atoms with van der Waals surface area (Å²) in [5.74, 6) is -0.467. The molecule has 0 spiro atoms. The Morgan fingerprint density at radius 1 is 1.19 bits per heavy atom. The molecule has 1 aromatic heterocycles. The summed E-state index contributed by atoms with van der Waals surface area (Å²) in [7, 11) is 0. The van der Waals surface area contributed by atoms with Crippen molar-refractivity contribution in [2.75, 3.05) is 36.5 Å². The molecule has 0 aliphatic carbocycles. The number of carbonyl (C=O) groups excluding carboxylic acids is 1. The van der Waals surface area contributed by atoms with E-state index < -0.39 is 5.91 Å². The SMILES string of the molecule is N#C/C(=C\c1cnn(Cc2ccccc2Cl)c1)C(=O)Nc1ccc(N2CCOCC2)cc1. The standard InChI is InChI=1S/C24H22ClN5O2/c25-23-4-2-1-3-19(23)17-30-16-18(15-27-30)13-20(14-26)24(31)28-21-5-7-22(8-6-21)29-9-11-32-12-10-29/h1-8,13,15-16H,9-12,17H2,(H,28,31)/b20-13+. The van der Waals surface area contributed by atoms with Crippen LogP contribution in [0.2, 0.25) is 5.02 Å². The van der Waals surface area contributed by atoms with Gasteiger partial charge in [-0.25, -0.2) is 0 Å². The van der Waals surface area contributed by atoms with Crippen LogP contribution < -0.4 is 10.2 Å². The van der Waals surface area contributed by atoms with Crippen LogP contribution in [0.25, 0.3) is 6.08 Å². The number of nitrogens with zero attached hydrogens (tertiary/aromatic N) is 4. The van der Waals surface area contributed by atoms with Crippen molar-refractivity contribution in [3.05, 3.63) is 82.6 Å². The van der Waals surface area contributed by atoms with Crippen LogP contribution in [-0.4, -0.2) is 42.0 Å². The van der Waals surface area contributed by atoms with Gasteiger partial charge in [0.2, 0.25) is 0 Å². The van der Waals surface area contributed by atoms with Crippen LogP contribution in [0.15, 0.2) is 66.5 Å². The first-order valence-electron chi connectivity index (χ1n) is 10.2. The molecule has 3 aromatic rings. The predicted molar refractivity (Wildman–Crippen MR) is 124 cm³/mol. The van der Waals surface area contributed by atoms with E-state index in [-0.39, 0.29) is 5.57 Å². The van der Waals surface area contributed by atoms with E-state index in [0.717, 1.165) is 24.3 Å². The van der Waals surface area contributed by atoms with Crippen LogP contribution in [0.3, 0.4) is 0 Å². The van der Waals surface area contributed by atoms with Crippen LogP contribution >= 0.6 is 11.6 Å². The van der Waals surface area contributed by atoms with Gasteiger partial charge in [0.05, 0.1) is 26.0 Å². The first-order valence-corrected chi connectivity index (χ1v) is 10.6. The van der Waals surface area contributed by atoms with E-state index >= 15 is 0 Å². The summed E-state index contributed by atoms with van der Waals surface area (Å²) in [5.41, 5.74) is 3.30. The number of ether oxygens (including phenoxy) is 1. The van der Waals surface area contributed by atoms with E-state index in [1.165, 1.54) is 6.08 Å². The summed E-state index contributed by atoms with van der Waals surface area (Å²) in [5, 5.41) is 17.2. The van der Waals surface area contributed by atoms with Gasteiger partial charge in [-0.2, -0.15) is 10.4 Å². The van der Waals surface area contributed by atoms with Gasteiger partial charge in [-0.3, -0.25) is 9.48 Å². The second-order valence-electron chi connectivity index (χ2n) is 7.33. The minimum absolute atomic E-state index is 0.000417. The molecule has 1 fully saturated rings. The lowest BCUT2D eigenvalue weighted by Crippen LogP contribution is -2.36. The van der Waals surface area contributed by atoms with Crippen molar-refractivity contribution in [3.8, 4) is 6.07 Å². The molecule has 2 aromatic carbocycles. The van der Waals surface area contributed by atoms with Gasteiger partial charge in [0, 0.05) is 41.2 Å². The van der Waals surface area contributed by atoms with Crippen LogP contribution in [0.1, 0.15) is 11.1 Å². The van der Waals surface area contributed by atoms with Crippen LogP contribution in [-0.2, 0) is 16.1 Å². The number of nitrogens with one attached hydrogen (secondary N) is 1. The number of hydrogen-bond donors (Lipinski definition) is 1. The molecule has 0 bridgehead atoms. The number of amides is 1. The normalized spacial score (nSPS) is 14.1. The van der Waals surface area contributed by atoms with E-state index in [9.17, 15) is 10.1 Å².